The van der Waals surface area contributed by atoms with Gasteiger partial charge in [0.25, 0.3) is 5.91 Å². The van der Waals surface area contributed by atoms with Gasteiger partial charge in [-0.25, -0.2) is 19.9 Å². The van der Waals surface area contributed by atoms with Crippen LogP contribution in [0, 0.1) is 56.8 Å². The van der Waals surface area contributed by atoms with E-state index in [4.69, 9.17) is 97.5 Å². The number of amides is 1. The normalized spacial score (nSPS) is 17.2. The average Bonchev–Trinajstić information content (AvgIpc) is 1.39. The van der Waals surface area contributed by atoms with Crippen molar-refractivity contribution in [2.24, 2.45) is 57.3 Å². The first kappa shape index (κ1) is 101. The lowest BCUT2D eigenvalue weighted by molar-refractivity contribution is -0.138. The Kier molecular flexibility index (Phi) is 30.7. The molecule has 17 rings (SSSR count). The second-order valence-electron chi connectivity index (χ2n) is 36.6. The van der Waals surface area contributed by atoms with Gasteiger partial charge in [-0.1, -0.05) is 126 Å². The summed E-state index contributed by atoms with van der Waals surface area (Å²) in [4.78, 5) is 72.2. The summed E-state index contributed by atoms with van der Waals surface area (Å²) in [6.45, 7) is 12.9. The molecule has 5 fully saturated rings. The molecule has 8 aromatic carbocycles. The lowest BCUT2D eigenvalue weighted by Gasteiger charge is -2.46. The van der Waals surface area contributed by atoms with E-state index < -0.39 is 47.0 Å². The molecule has 34 heteroatoms. The van der Waals surface area contributed by atoms with Crippen molar-refractivity contribution < 1.29 is 76.6 Å². The number of ketones is 3. The molecule has 6 heterocycles. The number of ether oxygens (including phenoxy) is 1. The number of fused-ring (bicyclic) bond motifs is 4. The molecule has 14 nitrogen and oxygen atoms in total. The molecule has 134 heavy (non-hydrogen) atoms. The fourth-order valence-electron chi connectivity index (χ4n) is 19.0. The number of rotatable bonds is 19. The molecule has 3 saturated carbocycles. The number of Topliss-reactive ketones (excluding diaryl/α,β-unsaturated/α-hetero) is 3. The summed E-state index contributed by atoms with van der Waals surface area (Å²) in [7, 11) is 6.67. The van der Waals surface area contributed by atoms with Crippen LogP contribution in [0.1, 0.15) is 254 Å². The summed E-state index contributed by atoms with van der Waals surface area (Å²) in [6, 6.07) is 22.0. The quantitative estimate of drug-likeness (QED) is 0.0569. The van der Waals surface area contributed by atoms with E-state index in [1.807, 2.05) is 0 Å². The highest BCUT2D eigenvalue weighted by Crippen LogP contribution is 2.54. The Morgan fingerprint density at radius 3 is 1.08 bits per heavy atom. The lowest BCUT2D eigenvalue weighted by Crippen LogP contribution is -2.49. The molecule has 1 atom stereocenters. The number of hydrogen-bond donors (Lipinski definition) is 0. The summed E-state index contributed by atoms with van der Waals surface area (Å²) in [5, 5.41) is 2.65. The number of imidazole rings is 4. The van der Waals surface area contributed by atoms with Crippen molar-refractivity contribution in [1.29, 1.82) is 0 Å². The highest BCUT2D eigenvalue weighted by Gasteiger charge is 2.43. The van der Waals surface area contributed by atoms with Gasteiger partial charge in [0.1, 0.15) is 23.3 Å². The van der Waals surface area contributed by atoms with Crippen LogP contribution in [0.4, 0.5) is 52.7 Å². The minimum Gasteiger partial charge on any atom is -0.378 e. The Hall–Kier alpha value is -8.44. The average molecular weight is 2020 g/mol. The van der Waals surface area contributed by atoms with Crippen LogP contribution in [0.2, 0.25) is 40.2 Å². The van der Waals surface area contributed by atoms with Crippen LogP contribution >= 0.6 is 92.8 Å². The molecule has 3 aliphatic carbocycles. The van der Waals surface area contributed by atoms with Crippen LogP contribution in [0.3, 0.4) is 0 Å². The molecule has 2 saturated heterocycles. The Balaban J connectivity index is 0.000000143. The van der Waals surface area contributed by atoms with Gasteiger partial charge in [-0.2, -0.15) is 52.7 Å². The summed E-state index contributed by atoms with van der Waals surface area (Å²) >= 11 is 52.4. The summed E-state index contributed by atoms with van der Waals surface area (Å²) < 4.78 is 172. The third-order valence-corrected chi connectivity index (χ3v) is 30.7. The predicted octanol–water partition coefficient (Wildman–Crippen LogP) is 29.8. The van der Waals surface area contributed by atoms with E-state index in [1.54, 1.807) is 128 Å². The molecule has 12 aromatic rings. The first-order chi connectivity index (χ1) is 63.0. The van der Waals surface area contributed by atoms with E-state index in [0.29, 0.717) is 220 Å². The minimum absolute atomic E-state index is 0.00173. The zero-order valence-corrected chi connectivity index (χ0v) is 81.3. The van der Waals surface area contributed by atoms with Crippen LogP contribution in [-0.2, 0) is 83.3 Å². The number of carbonyl (C=O) groups excluding carboxylic acids is 4. The highest BCUT2D eigenvalue weighted by atomic mass is 35.5. The van der Waals surface area contributed by atoms with E-state index in [1.165, 1.54) is 19.3 Å². The van der Waals surface area contributed by atoms with E-state index in [-0.39, 0.29) is 71.0 Å². The largest absolute Gasteiger partial charge is 0.416 e. The zero-order valence-electron chi connectivity index (χ0n) is 75.2. The van der Waals surface area contributed by atoms with Crippen molar-refractivity contribution in [3.8, 4) is 0 Å². The smallest absolute Gasteiger partial charge is 0.378 e. The van der Waals surface area contributed by atoms with Crippen LogP contribution in [0.5, 0.6) is 0 Å². The van der Waals surface area contributed by atoms with Gasteiger partial charge in [-0.05, 0) is 269 Å². The molecule has 5 aliphatic rings. The first-order valence-corrected chi connectivity index (χ1v) is 47.6. The molecule has 4 aromatic heterocycles. The highest BCUT2D eigenvalue weighted by molar-refractivity contribution is 6.40. The molecule has 0 bridgehead atoms. The van der Waals surface area contributed by atoms with Crippen LogP contribution in [0.15, 0.2) is 97.1 Å². The topological polar surface area (TPSA) is 152 Å². The Labute approximate surface area is 808 Å². The monoisotopic (exact) mass is 2010 g/mol. The molecular weight excluding hydrogens is 1920 g/mol. The van der Waals surface area contributed by atoms with Crippen molar-refractivity contribution in [2.45, 2.75) is 207 Å². The van der Waals surface area contributed by atoms with Crippen molar-refractivity contribution in [3.63, 3.8) is 0 Å². The molecule has 0 radical (unpaired) electrons. The van der Waals surface area contributed by atoms with Crippen molar-refractivity contribution in [1.82, 2.24) is 43.1 Å². The number of alkyl halides is 12. The number of aromatic nitrogens is 8. The fourth-order valence-corrected chi connectivity index (χ4v) is 21.4. The van der Waals surface area contributed by atoms with Gasteiger partial charge in [-0.15, -0.1) is 0 Å². The lowest BCUT2D eigenvalue weighted by atomic mass is 9.58. The second-order valence-corrected chi connectivity index (χ2v) is 39.7. The Bertz CT molecular complexity index is 6540. The Morgan fingerprint density at radius 2 is 0.754 bits per heavy atom. The van der Waals surface area contributed by atoms with Gasteiger partial charge >= 0.3 is 24.7 Å². The van der Waals surface area contributed by atoms with Crippen LogP contribution < -0.4 is 0 Å². The SMILES string of the molecule is CCC1CN(C(=O)c2ccc(Cl)c(Cc3nc4c(C)cc(C(F)(F)F)cc4n3C)c2Cl)C1.Cc1cc(C(F)(F)F)cc2c1nc(Cc1c(Cl)ccc(C(=O)C3CCC4(CCC4)CC3)c1Cl)n2C.Cc1cc(C(F)(F)F)cc2c1nc(Cc1c(Cl)ccc(C(=O)CC3CCC(C)CC3)c1Cl)n2C.Cc1cc(C(F)(F)F)cc2c1nc(Cc1c(Cl)ccc(C(=O)CCC3CCCO3)c1Cl)n2C. The molecule has 1 unspecified atom stereocenters. The summed E-state index contributed by atoms with van der Waals surface area (Å²) in [5.74, 6) is 3.42. The van der Waals surface area contributed by atoms with Gasteiger partial charge in [-0.3, -0.25) is 19.2 Å². The van der Waals surface area contributed by atoms with Crippen LogP contribution in [0.25, 0.3) is 44.1 Å². The third kappa shape index (κ3) is 21.8. The van der Waals surface area contributed by atoms with Gasteiger partial charge in [0.15, 0.2) is 17.3 Å². The number of carbonyl (C=O) groups is 4. The molecule has 1 spiro atoms. The van der Waals surface area contributed by atoms with Gasteiger partial charge in [0.05, 0.1) is 98.1 Å². The zero-order chi connectivity index (χ0) is 97.2. The number of halogens is 20. The molecule has 2 aliphatic heterocycles. The second kappa shape index (κ2) is 40.5. The van der Waals surface area contributed by atoms with Gasteiger partial charge in [0.2, 0.25) is 0 Å². The molecule has 714 valence electrons. The molecular formula is C100H99Cl8F12N9O5. The van der Waals surface area contributed by atoms with E-state index >= 15 is 0 Å². The van der Waals surface area contributed by atoms with Crippen molar-refractivity contribution in [3.05, 3.63) is 250 Å². The fraction of sp³-hybridized carbons (Fsp3) is 0.440. The maximum absolute atomic E-state index is 13.4. The van der Waals surface area contributed by atoms with Gasteiger partial charge < -0.3 is 27.9 Å². The standard InChI is InChI=1S/C27H27Cl2F3N2O.C26H27Cl2F3N2O.C24H23Cl2F3N2O2.C23H22Cl2F3N3O/c1-15-12-17(27(30,31)32)13-21-24(15)33-22(34(21)2)14-19-20(28)5-4-18(23(19)29)25(35)16-6-10-26(11-7-16)8-3-9-26;1-14-4-6-16(7-5-14)11-22(34)18-8-9-20(27)19(24(18)28)13-23-32-25-15(2)10-17(26(29,30)31)12-21(25)33(23)3;1-13-10-14(24(27,28)29)11-19-23(13)30-21(31(19)2)12-17-18(25)7-6-16(22(17)26)20(32)8-5-15-4-3-9-33-15;1-4-13-10-31(11-13)22(32)15-5-6-17(24)16(20(15)25)9-19-29-21-12(2)7-14(23(26,27)28)8-18(21)30(19)3/h4-5,12-13,16H,3,6-11,14H2,1-2H3;8-10,12,14,16H,4-7,11,13H2,1-3H3;6-7,10-11,15H,3-5,8-9,12H2,1-2H3;5-8,13H,4,9-11H2,1-3H3. The van der Waals surface area contributed by atoms with E-state index in [2.05, 4.69) is 33.8 Å². The molecule has 0 N–H and O–H groups in total. The van der Waals surface area contributed by atoms with Crippen LogP contribution in [-0.4, -0.2) is 92.2 Å². The predicted molar refractivity (Wildman–Crippen MR) is 504 cm³/mol. The number of nitrogens with zero attached hydrogens (tertiary/aromatic N) is 9. The number of likely N-dealkylation sites (tertiary alicyclic amines) is 1. The van der Waals surface area contributed by atoms with Crippen molar-refractivity contribution in [2.75, 3.05) is 19.7 Å². The van der Waals surface area contributed by atoms with E-state index in [0.717, 1.165) is 126 Å². The maximum Gasteiger partial charge on any atom is 0.416 e. The number of aryl methyl sites for hydroxylation is 8. The molecule has 1 amide bonds. The number of hydrogen-bond acceptors (Lipinski definition) is 9. The summed E-state index contributed by atoms with van der Waals surface area (Å²) in [6.07, 6.45) is -0.328. The third-order valence-electron chi connectivity index (χ3n) is 27.5. The maximum atomic E-state index is 13.4. The van der Waals surface area contributed by atoms with E-state index in [9.17, 15) is 71.9 Å². The van der Waals surface area contributed by atoms with Crippen molar-refractivity contribution >= 4 is 160 Å². The minimum atomic E-state index is -4.45. The van der Waals surface area contributed by atoms with Gasteiger partial charge in [0, 0.05) is 129 Å². The Morgan fingerprint density at radius 1 is 0.418 bits per heavy atom. The summed E-state index contributed by atoms with van der Waals surface area (Å²) in [5.41, 5.74) is 6.64. The number of benzene rings is 8. The first-order valence-electron chi connectivity index (χ1n) is 44.5.